The van der Waals surface area contributed by atoms with E-state index in [4.69, 9.17) is 9.15 Å². The van der Waals surface area contributed by atoms with Crippen LogP contribution in [0.15, 0.2) is 59.2 Å². The highest BCUT2D eigenvalue weighted by Crippen LogP contribution is 2.38. The Morgan fingerprint density at radius 2 is 1.96 bits per heavy atom. The molecular formula is C23H28N2O3. The Kier molecular flexibility index (Phi) is 5.93. The summed E-state index contributed by atoms with van der Waals surface area (Å²) in [5.74, 6) is 0.180. The van der Waals surface area contributed by atoms with Crippen LogP contribution in [-0.4, -0.2) is 48.7 Å². The molecule has 4 rings (SSSR count). The van der Waals surface area contributed by atoms with Crippen LogP contribution in [0.5, 0.6) is 0 Å². The van der Waals surface area contributed by atoms with Crippen LogP contribution in [0.3, 0.4) is 0 Å². The number of piperidine rings is 1. The Balaban J connectivity index is 1.19. The summed E-state index contributed by atoms with van der Waals surface area (Å²) in [7, 11) is 0. The van der Waals surface area contributed by atoms with Gasteiger partial charge in [0, 0.05) is 26.2 Å². The van der Waals surface area contributed by atoms with Crippen LogP contribution in [0.4, 0.5) is 0 Å². The molecule has 1 spiro atoms. The standard InChI is InChI=1S/C23H28N2O3/c26-22(21-9-5-17-27-21)24-18-20-10-11-23(28-20)12-15-25(16-13-23)14-4-8-19-6-2-1-3-7-19/h1-9,17,20H,10-16,18H2,(H,24,26)/b8-4+/t20-/m0/s1. The van der Waals surface area contributed by atoms with Gasteiger partial charge >= 0.3 is 0 Å². The summed E-state index contributed by atoms with van der Waals surface area (Å²) in [5, 5.41) is 2.92. The molecule has 0 unspecified atom stereocenters. The van der Waals surface area contributed by atoms with Crippen molar-refractivity contribution in [2.24, 2.45) is 0 Å². The average Bonchev–Trinajstić information content (AvgIpc) is 3.40. The lowest BCUT2D eigenvalue weighted by atomic mass is 9.88. The number of benzene rings is 1. The molecule has 2 fully saturated rings. The zero-order valence-corrected chi connectivity index (χ0v) is 16.2. The molecule has 1 aromatic heterocycles. The number of hydrogen-bond donors (Lipinski definition) is 1. The van der Waals surface area contributed by atoms with Gasteiger partial charge in [-0.3, -0.25) is 9.69 Å². The van der Waals surface area contributed by atoms with E-state index < -0.39 is 0 Å². The Bertz CT molecular complexity index is 777. The van der Waals surface area contributed by atoms with Gasteiger partial charge in [0.2, 0.25) is 0 Å². The quantitative estimate of drug-likeness (QED) is 0.830. The van der Waals surface area contributed by atoms with Gasteiger partial charge in [-0.05, 0) is 43.4 Å². The normalized spacial score (nSPS) is 22.1. The molecule has 1 amide bonds. The third-order valence-electron chi connectivity index (χ3n) is 5.81. The minimum atomic E-state index is -0.172. The predicted octanol–water partition coefficient (Wildman–Crippen LogP) is 3.74. The Labute approximate surface area is 166 Å². The van der Waals surface area contributed by atoms with E-state index >= 15 is 0 Å². The van der Waals surface area contributed by atoms with Crippen molar-refractivity contribution < 1.29 is 13.9 Å². The van der Waals surface area contributed by atoms with E-state index in [1.165, 1.54) is 11.8 Å². The summed E-state index contributed by atoms with van der Waals surface area (Å²) in [5.41, 5.74) is 1.24. The van der Waals surface area contributed by atoms with Crippen molar-refractivity contribution >= 4 is 12.0 Å². The number of likely N-dealkylation sites (tertiary alicyclic amines) is 1. The maximum Gasteiger partial charge on any atom is 0.287 e. The largest absolute Gasteiger partial charge is 0.459 e. The Hall–Kier alpha value is -2.37. The summed E-state index contributed by atoms with van der Waals surface area (Å²) in [6, 6.07) is 13.8. The van der Waals surface area contributed by atoms with Crippen molar-refractivity contribution in [3.63, 3.8) is 0 Å². The third kappa shape index (κ3) is 4.72. The van der Waals surface area contributed by atoms with E-state index in [0.29, 0.717) is 12.3 Å². The number of amides is 1. The average molecular weight is 380 g/mol. The predicted molar refractivity (Wildman–Crippen MR) is 109 cm³/mol. The van der Waals surface area contributed by atoms with Crippen LogP contribution in [-0.2, 0) is 4.74 Å². The SMILES string of the molecule is O=C(NC[C@@H]1CCC2(CCN(C/C=C/c3ccccc3)CC2)O1)c1ccco1. The van der Waals surface area contributed by atoms with E-state index in [1.807, 2.05) is 6.07 Å². The number of furan rings is 1. The fourth-order valence-electron chi connectivity index (χ4n) is 4.15. The lowest BCUT2D eigenvalue weighted by Crippen LogP contribution is -2.45. The molecule has 3 heterocycles. The second-order valence-electron chi connectivity index (χ2n) is 7.76. The zero-order chi connectivity index (χ0) is 19.2. The second-order valence-corrected chi connectivity index (χ2v) is 7.76. The van der Waals surface area contributed by atoms with Gasteiger partial charge in [-0.1, -0.05) is 42.5 Å². The Morgan fingerprint density at radius 1 is 1.14 bits per heavy atom. The van der Waals surface area contributed by atoms with Crippen molar-refractivity contribution in [2.45, 2.75) is 37.4 Å². The van der Waals surface area contributed by atoms with Crippen LogP contribution in [0.25, 0.3) is 6.08 Å². The van der Waals surface area contributed by atoms with E-state index in [1.54, 1.807) is 12.1 Å². The van der Waals surface area contributed by atoms with Crippen molar-refractivity contribution in [3.8, 4) is 0 Å². The fraction of sp³-hybridized carbons (Fsp3) is 0.435. The highest BCUT2D eigenvalue weighted by atomic mass is 16.5. The molecule has 2 aromatic rings. The summed E-state index contributed by atoms with van der Waals surface area (Å²) in [6.45, 7) is 3.65. The van der Waals surface area contributed by atoms with Gasteiger partial charge in [-0.15, -0.1) is 0 Å². The second kappa shape index (κ2) is 8.76. The summed E-state index contributed by atoms with van der Waals surface area (Å²) < 4.78 is 11.5. The van der Waals surface area contributed by atoms with Gasteiger partial charge in [0.15, 0.2) is 5.76 Å². The van der Waals surface area contributed by atoms with Gasteiger partial charge in [0.25, 0.3) is 5.91 Å². The molecule has 1 N–H and O–H groups in total. The molecule has 0 bridgehead atoms. The topological polar surface area (TPSA) is 54.7 Å². The number of carbonyl (C=O) groups excluding carboxylic acids is 1. The number of carbonyl (C=O) groups is 1. The highest BCUT2D eigenvalue weighted by Gasteiger charge is 2.42. The van der Waals surface area contributed by atoms with Gasteiger partial charge in [-0.25, -0.2) is 0 Å². The molecule has 148 valence electrons. The molecule has 1 atom stereocenters. The van der Waals surface area contributed by atoms with Crippen LogP contribution in [0.2, 0.25) is 0 Å². The summed E-state index contributed by atoms with van der Waals surface area (Å²) in [4.78, 5) is 14.5. The number of rotatable bonds is 6. The number of nitrogens with one attached hydrogen (secondary N) is 1. The number of hydrogen-bond acceptors (Lipinski definition) is 4. The highest BCUT2D eigenvalue weighted by molar-refractivity contribution is 5.91. The van der Waals surface area contributed by atoms with Crippen molar-refractivity contribution in [3.05, 3.63) is 66.1 Å². The number of ether oxygens (including phenoxy) is 1. The first-order valence-corrected chi connectivity index (χ1v) is 10.2. The maximum absolute atomic E-state index is 12.0. The number of nitrogens with zero attached hydrogens (tertiary/aromatic N) is 1. The third-order valence-corrected chi connectivity index (χ3v) is 5.81. The van der Waals surface area contributed by atoms with Gasteiger partial charge < -0.3 is 14.5 Å². The van der Waals surface area contributed by atoms with Crippen molar-refractivity contribution in [2.75, 3.05) is 26.2 Å². The lowest BCUT2D eigenvalue weighted by Gasteiger charge is -2.38. The lowest BCUT2D eigenvalue weighted by molar-refractivity contribution is -0.0741. The van der Waals surface area contributed by atoms with Crippen LogP contribution in [0.1, 0.15) is 41.8 Å². The molecule has 5 heteroatoms. The van der Waals surface area contributed by atoms with E-state index in [-0.39, 0.29) is 17.6 Å². The van der Waals surface area contributed by atoms with Crippen LogP contribution >= 0.6 is 0 Å². The monoisotopic (exact) mass is 380 g/mol. The molecule has 2 aliphatic rings. The van der Waals surface area contributed by atoms with Gasteiger partial charge in [0.1, 0.15) is 0 Å². The van der Waals surface area contributed by atoms with Crippen molar-refractivity contribution in [1.82, 2.24) is 10.2 Å². The molecule has 0 saturated carbocycles. The molecule has 28 heavy (non-hydrogen) atoms. The first-order chi connectivity index (χ1) is 13.7. The van der Waals surface area contributed by atoms with Gasteiger partial charge in [0.05, 0.1) is 18.0 Å². The summed E-state index contributed by atoms with van der Waals surface area (Å²) >= 11 is 0. The van der Waals surface area contributed by atoms with E-state index in [0.717, 1.165) is 45.3 Å². The Morgan fingerprint density at radius 3 is 2.71 bits per heavy atom. The van der Waals surface area contributed by atoms with Gasteiger partial charge in [-0.2, -0.15) is 0 Å². The smallest absolute Gasteiger partial charge is 0.287 e. The zero-order valence-electron chi connectivity index (χ0n) is 16.2. The van der Waals surface area contributed by atoms with Crippen molar-refractivity contribution in [1.29, 1.82) is 0 Å². The van der Waals surface area contributed by atoms with E-state index in [9.17, 15) is 4.79 Å². The molecule has 0 aliphatic carbocycles. The molecule has 2 saturated heterocycles. The van der Waals surface area contributed by atoms with Crippen LogP contribution in [0, 0.1) is 0 Å². The van der Waals surface area contributed by atoms with E-state index in [2.05, 4.69) is 46.6 Å². The minimum absolute atomic E-state index is 0.000277. The maximum atomic E-state index is 12.0. The summed E-state index contributed by atoms with van der Waals surface area (Å²) in [6.07, 6.45) is 10.3. The fourth-order valence-corrected chi connectivity index (χ4v) is 4.15. The molecule has 2 aliphatic heterocycles. The van der Waals surface area contributed by atoms with Crippen LogP contribution < -0.4 is 5.32 Å². The first kappa shape index (κ1) is 19.0. The molecule has 0 radical (unpaired) electrons. The molecular weight excluding hydrogens is 352 g/mol. The first-order valence-electron chi connectivity index (χ1n) is 10.2. The molecule has 1 aromatic carbocycles. The molecule has 5 nitrogen and oxygen atoms in total. The minimum Gasteiger partial charge on any atom is -0.459 e.